The number of nitrogen functional groups attached to an aromatic ring is 1. The monoisotopic (exact) mass is 268 g/mol. The van der Waals surface area contributed by atoms with Crippen molar-refractivity contribution in [2.75, 3.05) is 18.9 Å². The number of amides is 1. The molecule has 1 aromatic rings. The van der Waals surface area contributed by atoms with Crippen molar-refractivity contribution < 1.29 is 14.3 Å². The van der Waals surface area contributed by atoms with Gasteiger partial charge in [-0.25, -0.2) is 4.79 Å². The van der Waals surface area contributed by atoms with Gasteiger partial charge in [0.25, 0.3) is 0 Å². The fraction of sp³-hybridized carbons (Fsp3) is 0.583. The molecule has 1 unspecified atom stereocenters. The van der Waals surface area contributed by atoms with Gasteiger partial charge in [-0.2, -0.15) is 5.10 Å². The zero-order valence-corrected chi connectivity index (χ0v) is 11.5. The minimum Gasteiger partial charge on any atom is -0.461 e. The van der Waals surface area contributed by atoms with E-state index in [1.807, 2.05) is 6.92 Å². The maximum Gasteiger partial charge on any atom is 0.361 e. The Labute approximate surface area is 112 Å². The molecule has 0 aliphatic heterocycles. The molecule has 0 aliphatic carbocycles. The van der Waals surface area contributed by atoms with Crippen LogP contribution in [0.3, 0.4) is 0 Å². The van der Waals surface area contributed by atoms with E-state index in [1.54, 1.807) is 13.8 Å². The van der Waals surface area contributed by atoms with Crippen LogP contribution >= 0.6 is 0 Å². The molecule has 3 N–H and O–H groups in total. The summed E-state index contributed by atoms with van der Waals surface area (Å²) in [6, 6.07) is -0.531. The average molecular weight is 268 g/mol. The van der Waals surface area contributed by atoms with Gasteiger partial charge in [0, 0.05) is 12.7 Å². The molecule has 1 amide bonds. The highest BCUT2D eigenvalue weighted by Gasteiger charge is 2.21. The number of hydrogen-bond donors (Lipinski definition) is 2. The summed E-state index contributed by atoms with van der Waals surface area (Å²) in [5, 5.41) is 6.77. The van der Waals surface area contributed by atoms with E-state index in [-0.39, 0.29) is 23.9 Å². The molecule has 1 atom stereocenters. The Kier molecular flexibility index (Phi) is 5.35. The zero-order valence-electron chi connectivity index (χ0n) is 11.5. The minimum atomic E-state index is -0.583. The Morgan fingerprint density at radius 3 is 2.79 bits per heavy atom. The normalized spacial score (nSPS) is 11.9. The van der Waals surface area contributed by atoms with Crippen molar-refractivity contribution >= 4 is 17.6 Å². The van der Waals surface area contributed by atoms with Crippen molar-refractivity contribution in [2.24, 2.45) is 0 Å². The second-order valence-electron chi connectivity index (χ2n) is 4.10. The Hall–Kier alpha value is -2.05. The summed E-state index contributed by atoms with van der Waals surface area (Å²) in [6.45, 7) is 6.20. The third-order valence-electron chi connectivity index (χ3n) is 2.55. The minimum absolute atomic E-state index is 0.0389. The lowest BCUT2D eigenvalue weighted by Crippen LogP contribution is -2.31. The van der Waals surface area contributed by atoms with Crippen LogP contribution in [0.5, 0.6) is 0 Å². The number of aromatic nitrogens is 2. The van der Waals surface area contributed by atoms with E-state index in [0.29, 0.717) is 6.54 Å². The van der Waals surface area contributed by atoms with Gasteiger partial charge in [-0.15, -0.1) is 0 Å². The smallest absolute Gasteiger partial charge is 0.361 e. The van der Waals surface area contributed by atoms with Gasteiger partial charge >= 0.3 is 5.97 Å². The SMILES string of the molecule is CCCNC(=O)C(C)n1cc(N)c(C(=O)OCC)n1. The molecule has 19 heavy (non-hydrogen) atoms. The number of esters is 1. The molecule has 106 valence electrons. The first kappa shape index (κ1) is 15.0. The van der Waals surface area contributed by atoms with E-state index in [0.717, 1.165) is 6.42 Å². The second kappa shape index (κ2) is 6.77. The lowest BCUT2D eigenvalue weighted by atomic mass is 10.3. The molecule has 0 spiro atoms. The quantitative estimate of drug-likeness (QED) is 0.741. The highest BCUT2D eigenvalue weighted by atomic mass is 16.5. The summed E-state index contributed by atoms with van der Waals surface area (Å²) in [6.07, 6.45) is 2.32. The van der Waals surface area contributed by atoms with Gasteiger partial charge in [-0.3, -0.25) is 9.48 Å². The summed E-state index contributed by atoms with van der Waals surface area (Å²) >= 11 is 0. The molecular weight excluding hydrogens is 248 g/mol. The van der Waals surface area contributed by atoms with Crippen LogP contribution in [-0.4, -0.2) is 34.8 Å². The van der Waals surface area contributed by atoms with E-state index >= 15 is 0 Å². The highest BCUT2D eigenvalue weighted by Crippen LogP contribution is 2.14. The highest BCUT2D eigenvalue weighted by molar-refractivity contribution is 5.92. The van der Waals surface area contributed by atoms with Gasteiger partial charge < -0.3 is 15.8 Å². The predicted octanol–water partition coefficient (Wildman–Crippen LogP) is 0.729. The number of carbonyl (C=O) groups is 2. The molecule has 0 aromatic carbocycles. The third-order valence-corrected chi connectivity index (χ3v) is 2.55. The van der Waals surface area contributed by atoms with Crippen molar-refractivity contribution in [3.63, 3.8) is 0 Å². The van der Waals surface area contributed by atoms with Crippen LogP contribution in [0.15, 0.2) is 6.20 Å². The standard InChI is InChI=1S/C12H20N4O3/c1-4-6-14-11(17)8(3)16-7-9(13)10(15-16)12(18)19-5-2/h7-8H,4-6,13H2,1-3H3,(H,14,17). The fourth-order valence-electron chi connectivity index (χ4n) is 1.48. The molecule has 0 bridgehead atoms. The van der Waals surface area contributed by atoms with Gasteiger partial charge in [-0.1, -0.05) is 6.92 Å². The molecule has 1 heterocycles. The summed E-state index contributed by atoms with van der Waals surface area (Å²) in [4.78, 5) is 23.4. The van der Waals surface area contributed by atoms with Crippen molar-refractivity contribution in [3.8, 4) is 0 Å². The second-order valence-corrected chi connectivity index (χ2v) is 4.10. The summed E-state index contributed by atoms with van der Waals surface area (Å²) in [5.74, 6) is -0.750. The Morgan fingerprint density at radius 1 is 1.53 bits per heavy atom. The topological polar surface area (TPSA) is 99.2 Å². The number of nitrogens with one attached hydrogen (secondary N) is 1. The van der Waals surface area contributed by atoms with E-state index in [1.165, 1.54) is 10.9 Å². The van der Waals surface area contributed by atoms with Gasteiger partial charge in [0.15, 0.2) is 5.69 Å². The predicted molar refractivity (Wildman–Crippen MR) is 70.6 cm³/mol. The van der Waals surface area contributed by atoms with Crippen molar-refractivity contribution in [1.29, 1.82) is 0 Å². The molecule has 0 aliphatic rings. The molecule has 0 saturated carbocycles. The molecular formula is C12H20N4O3. The maximum absolute atomic E-state index is 11.8. The van der Waals surface area contributed by atoms with Gasteiger partial charge in [-0.05, 0) is 20.3 Å². The Bertz CT molecular complexity index is 456. The molecule has 7 nitrogen and oxygen atoms in total. The molecule has 0 fully saturated rings. The molecule has 1 aromatic heterocycles. The van der Waals surface area contributed by atoms with Crippen LogP contribution in [0, 0.1) is 0 Å². The van der Waals surface area contributed by atoms with Crippen molar-refractivity contribution in [3.05, 3.63) is 11.9 Å². The largest absolute Gasteiger partial charge is 0.461 e. The van der Waals surface area contributed by atoms with Gasteiger partial charge in [0.05, 0.1) is 12.3 Å². The lowest BCUT2D eigenvalue weighted by Gasteiger charge is -2.11. The first-order chi connectivity index (χ1) is 9.01. The summed E-state index contributed by atoms with van der Waals surface area (Å²) in [7, 11) is 0. The fourth-order valence-corrected chi connectivity index (χ4v) is 1.48. The van der Waals surface area contributed by atoms with Gasteiger partial charge in [0.1, 0.15) is 6.04 Å². The molecule has 7 heteroatoms. The number of anilines is 1. The van der Waals surface area contributed by atoms with E-state index in [2.05, 4.69) is 10.4 Å². The Morgan fingerprint density at radius 2 is 2.21 bits per heavy atom. The van der Waals surface area contributed by atoms with Crippen LogP contribution in [0.2, 0.25) is 0 Å². The van der Waals surface area contributed by atoms with Crippen LogP contribution in [-0.2, 0) is 9.53 Å². The number of ether oxygens (including phenoxy) is 1. The van der Waals surface area contributed by atoms with Crippen LogP contribution in [0.4, 0.5) is 5.69 Å². The zero-order chi connectivity index (χ0) is 14.4. The van der Waals surface area contributed by atoms with E-state index in [4.69, 9.17) is 10.5 Å². The average Bonchev–Trinajstić information content (AvgIpc) is 2.77. The van der Waals surface area contributed by atoms with E-state index in [9.17, 15) is 9.59 Å². The summed E-state index contributed by atoms with van der Waals surface area (Å²) < 4.78 is 6.20. The molecule has 0 saturated heterocycles. The Balaban J connectivity index is 2.82. The van der Waals surface area contributed by atoms with Crippen LogP contribution < -0.4 is 11.1 Å². The number of rotatable bonds is 6. The number of carbonyl (C=O) groups excluding carboxylic acids is 2. The number of nitrogens with two attached hydrogens (primary N) is 1. The van der Waals surface area contributed by atoms with Crippen LogP contribution in [0.25, 0.3) is 0 Å². The maximum atomic E-state index is 11.8. The first-order valence-electron chi connectivity index (χ1n) is 6.30. The number of hydrogen-bond acceptors (Lipinski definition) is 5. The lowest BCUT2D eigenvalue weighted by molar-refractivity contribution is -0.124. The first-order valence-corrected chi connectivity index (χ1v) is 6.30. The van der Waals surface area contributed by atoms with E-state index < -0.39 is 12.0 Å². The molecule has 0 radical (unpaired) electrons. The number of nitrogens with zero attached hydrogens (tertiary/aromatic N) is 2. The van der Waals surface area contributed by atoms with Crippen LogP contribution in [0.1, 0.15) is 43.7 Å². The van der Waals surface area contributed by atoms with Gasteiger partial charge in [0.2, 0.25) is 5.91 Å². The van der Waals surface area contributed by atoms with Crippen molar-refractivity contribution in [1.82, 2.24) is 15.1 Å². The molecule has 1 rings (SSSR count). The third kappa shape index (κ3) is 3.70. The van der Waals surface area contributed by atoms with Crippen molar-refractivity contribution in [2.45, 2.75) is 33.2 Å². The summed E-state index contributed by atoms with van der Waals surface area (Å²) in [5.41, 5.74) is 5.94.